The smallest absolute Gasteiger partial charge is 0.337 e. The van der Waals surface area contributed by atoms with Crippen molar-refractivity contribution >= 4 is 18.5 Å². The van der Waals surface area contributed by atoms with E-state index in [4.69, 9.17) is 0 Å². The summed E-state index contributed by atoms with van der Waals surface area (Å²) < 4.78 is 4.53. The van der Waals surface area contributed by atoms with Crippen LogP contribution in [-0.2, 0) is 16.0 Å². The molecule has 4 nitrogen and oxygen atoms in total. The maximum Gasteiger partial charge on any atom is 0.337 e. The lowest BCUT2D eigenvalue weighted by Gasteiger charge is -2.03. The van der Waals surface area contributed by atoms with Gasteiger partial charge in [-0.2, -0.15) is 0 Å². The third-order valence-corrected chi connectivity index (χ3v) is 1.99. The number of carbonyl (C=O) groups is 3. The lowest BCUT2D eigenvalue weighted by Crippen LogP contribution is -2.04. The van der Waals surface area contributed by atoms with E-state index in [0.717, 1.165) is 0 Å². The SMILES string of the molecule is COC(=O)c1ccc(C=O)c(CC=O)c1. The highest BCUT2D eigenvalue weighted by Gasteiger charge is 2.08. The molecule has 15 heavy (non-hydrogen) atoms. The summed E-state index contributed by atoms with van der Waals surface area (Å²) >= 11 is 0. The molecule has 0 radical (unpaired) electrons. The van der Waals surface area contributed by atoms with Gasteiger partial charge in [0, 0.05) is 12.0 Å². The van der Waals surface area contributed by atoms with Crippen LogP contribution in [0.4, 0.5) is 0 Å². The van der Waals surface area contributed by atoms with E-state index < -0.39 is 5.97 Å². The summed E-state index contributed by atoms with van der Waals surface area (Å²) in [6, 6.07) is 4.48. The summed E-state index contributed by atoms with van der Waals surface area (Å²) in [5.41, 5.74) is 1.28. The normalized spacial score (nSPS) is 9.40. The number of carbonyl (C=O) groups excluding carboxylic acids is 3. The highest BCUT2D eigenvalue weighted by molar-refractivity contribution is 5.91. The molecular formula is C11H10O4. The van der Waals surface area contributed by atoms with E-state index in [2.05, 4.69) is 4.74 Å². The molecule has 0 aliphatic heterocycles. The molecular weight excluding hydrogens is 196 g/mol. The monoisotopic (exact) mass is 206 g/mol. The average molecular weight is 206 g/mol. The molecule has 0 atom stereocenters. The summed E-state index contributed by atoms with van der Waals surface area (Å²) in [6.07, 6.45) is 1.45. The lowest BCUT2D eigenvalue weighted by molar-refractivity contribution is -0.107. The molecule has 0 unspecified atom stereocenters. The minimum atomic E-state index is -0.486. The second kappa shape index (κ2) is 5.05. The summed E-state index contributed by atoms with van der Waals surface area (Å²) in [4.78, 5) is 32.2. The fraction of sp³-hybridized carbons (Fsp3) is 0.182. The Kier molecular flexibility index (Phi) is 3.74. The van der Waals surface area contributed by atoms with Crippen molar-refractivity contribution in [3.63, 3.8) is 0 Å². The van der Waals surface area contributed by atoms with Crippen molar-refractivity contribution in [1.82, 2.24) is 0 Å². The van der Waals surface area contributed by atoms with Gasteiger partial charge in [0.1, 0.15) is 12.6 Å². The van der Waals surface area contributed by atoms with E-state index >= 15 is 0 Å². The van der Waals surface area contributed by atoms with Crippen molar-refractivity contribution in [2.24, 2.45) is 0 Å². The van der Waals surface area contributed by atoms with Crippen LogP contribution in [0.25, 0.3) is 0 Å². The van der Waals surface area contributed by atoms with Crippen molar-refractivity contribution in [2.75, 3.05) is 7.11 Å². The third kappa shape index (κ3) is 2.49. The molecule has 1 aromatic rings. The molecule has 0 aliphatic carbocycles. The van der Waals surface area contributed by atoms with Crippen LogP contribution < -0.4 is 0 Å². The number of hydrogen-bond acceptors (Lipinski definition) is 4. The van der Waals surface area contributed by atoms with Gasteiger partial charge in [0.25, 0.3) is 0 Å². The van der Waals surface area contributed by atoms with E-state index in [0.29, 0.717) is 29.3 Å². The van der Waals surface area contributed by atoms with E-state index in [-0.39, 0.29) is 6.42 Å². The van der Waals surface area contributed by atoms with E-state index in [1.54, 1.807) is 0 Å². The topological polar surface area (TPSA) is 60.4 Å². The number of benzene rings is 1. The molecule has 4 heteroatoms. The van der Waals surface area contributed by atoms with Gasteiger partial charge >= 0.3 is 5.97 Å². The first-order chi connectivity index (χ1) is 7.22. The second-order valence-corrected chi connectivity index (χ2v) is 2.89. The Morgan fingerprint density at radius 3 is 2.67 bits per heavy atom. The van der Waals surface area contributed by atoms with E-state index in [1.807, 2.05) is 0 Å². The van der Waals surface area contributed by atoms with Gasteiger partial charge < -0.3 is 9.53 Å². The highest BCUT2D eigenvalue weighted by atomic mass is 16.5. The Labute approximate surface area is 86.9 Å². The van der Waals surface area contributed by atoms with E-state index in [9.17, 15) is 14.4 Å². The molecule has 0 fully saturated rings. The fourth-order valence-corrected chi connectivity index (χ4v) is 1.23. The van der Waals surface area contributed by atoms with Crippen molar-refractivity contribution in [2.45, 2.75) is 6.42 Å². The van der Waals surface area contributed by atoms with Crippen LogP contribution in [-0.4, -0.2) is 25.7 Å². The number of aldehydes is 2. The van der Waals surface area contributed by atoms with Crippen molar-refractivity contribution in [3.05, 3.63) is 34.9 Å². The van der Waals surface area contributed by atoms with Gasteiger partial charge in [-0.3, -0.25) is 4.79 Å². The van der Waals surface area contributed by atoms with Crippen LogP contribution in [0.5, 0.6) is 0 Å². The number of hydrogen-bond donors (Lipinski definition) is 0. The quantitative estimate of drug-likeness (QED) is 0.545. The summed E-state index contributed by atoms with van der Waals surface area (Å²) in [6.45, 7) is 0. The number of methoxy groups -OCH3 is 1. The Balaban J connectivity index is 3.14. The molecule has 1 aromatic carbocycles. The Hall–Kier alpha value is -1.97. The first-order valence-electron chi connectivity index (χ1n) is 4.33. The molecule has 0 saturated heterocycles. The molecule has 0 amide bonds. The molecule has 0 heterocycles. The minimum absolute atomic E-state index is 0.110. The first-order valence-corrected chi connectivity index (χ1v) is 4.33. The summed E-state index contributed by atoms with van der Waals surface area (Å²) in [5.74, 6) is -0.486. The van der Waals surface area contributed by atoms with Crippen molar-refractivity contribution in [3.8, 4) is 0 Å². The molecule has 78 valence electrons. The zero-order chi connectivity index (χ0) is 11.3. The van der Waals surface area contributed by atoms with Gasteiger partial charge in [0.2, 0.25) is 0 Å². The number of rotatable bonds is 4. The van der Waals surface area contributed by atoms with Crippen LogP contribution in [0.1, 0.15) is 26.3 Å². The van der Waals surface area contributed by atoms with E-state index in [1.165, 1.54) is 25.3 Å². The van der Waals surface area contributed by atoms with Gasteiger partial charge in [-0.1, -0.05) is 6.07 Å². The van der Waals surface area contributed by atoms with Crippen LogP contribution in [0.2, 0.25) is 0 Å². The van der Waals surface area contributed by atoms with Crippen LogP contribution >= 0.6 is 0 Å². The lowest BCUT2D eigenvalue weighted by atomic mass is 10.0. The standard InChI is InChI=1S/C11H10O4/c1-15-11(14)9-2-3-10(7-13)8(6-9)4-5-12/h2-3,5-7H,4H2,1H3. The minimum Gasteiger partial charge on any atom is -0.465 e. The molecule has 0 spiro atoms. The average Bonchev–Trinajstić information content (AvgIpc) is 2.28. The van der Waals surface area contributed by atoms with Crippen molar-refractivity contribution < 1.29 is 19.1 Å². The summed E-state index contributed by atoms with van der Waals surface area (Å²) in [7, 11) is 1.27. The van der Waals surface area contributed by atoms with Gasteiger partial charge in [0.15, 0.2) is 0 Å². The van der Waals surface area contributed by atoms with Gasteiger partial charge in [-0.25, -0.2) is 4.79 Å². The Morgan fingerprint density at radius 2 is 2.13 bits per heavy atom. The predicted octanol–water partition coefficient (Wildman–Crippen LogP) is 1.03. The molecule has 0 aliphatic rings. The molecule has 0 saturated carbocycles. The number of esters is 1. The fourth-order valence-electron chi connectivity index (χ4n) is 1.23. The molecule has 1 rings (SSSR count). The first kappa shape index (κ1) is 11.1. The van der Waals surface area contributed by atoms with Gasteiger partial charge in [0.05, 0.1) is 12.7 Å². The largest absolute Gasteiger partial charge is 0.465 e. The zero-order valence-electron chi connectivity index (χ0n) is 8.23. The Morgan fingerprint density at radius 1 is 1.40 bits per heavy atom. The maximum atomic E-state index is 11.2. The predicted molar refractivity (Wildman–Crippen MR) is 52.9 cm³/mol. The number of ether oxygens (including phenoxy) is 1. The van der Waals surface area contributed by atoms with Gasteiger partial charge in [-0.05, 0) is 17.7 Å². The second-order valence-electron chi connectivity index (χ2n) is 2.89. The highest BCUT2D eigenvalue weighted by Crippen LogP contribution is 2.11. The van der Waals surface area contributed by atoms with Crippen molar-refractivity contribution in [1.29, 1.82) is 0 Å². The zero-order valence-corrected chi connectivity index (χ0v) is 8.23. The van der Waals surface area contributed by atoms with Crippen LogP contribution in [0, 0.1) is 0 Å². The summed E-state index contributed by atoms with van der Waals surface area (Å²) in [5, 5.41) is 0. The maximum absolute atomic E-state index is 11.2. The van der Waals surface area contributed by atoms with Gasteiger partial charge in [-0.15, -0.1) is 0 Å². The molecule has 0 bridgehead atoms. The molecule has 0 N–H and O–H groups in total. The third-order valence-electron chi connectivity index (χ3n) is 1.99. The Bertz CT molecular complexity index is 396. The van der Waals surface area contributed by atoms with Crippen LogP contribution in [0.3, 0.4) is 0 Å². The molecule has 0 aromatic heterocycles. The van der Waals surface area contributed by atoms with Crippen LogP contribution in [0.15, 0.2) is 18.2 Å².